The zero-order valence-electron chi connectivity index (χ0n) is 12.9. The van der Waals surface area contributed by atoms with Crippen LogP contribution in [0.1, 0.15) is 5.56 Å². The minimum absolute atomic E-state index is 0.123. The number of ether oxygens (including phenoxy) is 2. The molecule has 0 unspecified atom stereocenters. The first-order valence-corrected chi connectivity index (χ1v) is 8.39. The van der Waals surface area contributed by atoms with Gasteiger partial charge in [0.15, 0.2) is 6.61 Å². The molecule has 0 spiro atoms. The van der Waals surface area contributed by atoms with E-state index in [1.807, 2.05) is 0 Å². The van der Waals surface area contributed by atoms with Gasteiger partial charge in [-0.3, -0.25) is 0 Å². The second kappa shape index (κ2) is 8.11. The van der Waals surface area contributed by atoms with E-state index >= 15 is 0 Å². The van der Waals surface area contributed by atoms with Crippen LogP contribution in [0.3, 0.4) is 0 Å². The molecule has 126 valence electrons. The molecule has 8 heteroatoms. The number of benzene rings is 2. The van der Waals surface area contributed by atoms with Gasteiger partial charge in [-0.2, -0.15) is 13.5 Å². The Balaban J connectivity index is 2.00. The van der Waals surface area contributed by atoms with E-state index in [2.05, 4.69) is 14.7 Å². The van der Waals surface area contributed by atoms with Crippen molar-refractivity contribution in [2.24, 2.45) is 5.10 Å². The molecule has 0 radical (unpaired) electrons. The van der Waals surface area contributed by atoms with Gasteiger partial charge in [0.1, 0.15) is 5.75 Å². The van der Waals surface area contributed by atoms with Crippen molar-refractivity contribution < 1.29 is 22.7 Å². The lowest BCUT2D eigenvalue weighted by molar-refractivity contribution is -0.142. The van der Waals surface area contributed by atoms with E-state index in [-0.39, 0.29) is 11.5 Å². The highest BCUT2D eigenvalue weighted by Gasteiger charge is 2.11. The number of sulfonamides is 1. The molecule has 0 aromatic heterocycles. The minimum atomic E-state index is -3.71. The van der Waals surface area contributed by atoms with Gasteiger partial charge in [-0.15, -0.1) is 0 Å². The summed E-state index contributed by atoms with van der Waals surface area (Å²) in [5.41, 5.74) is 0.605. The maximum absolute atomic E-state index is 12.0. The number of methoxy groups -OCH3 is 1. The minimum Gasteiger partial charge on any atom is -0.482 e. The molecule has 0 aliphatic rings. The maximum Gasteiger partial charge on any atom is 0.343 e. The smallest absolute Gasteiger partial charge is 0.343 e. The summed E-state index contributed by atoms with van der Waals surface area (Å²) in [7, 11) is -2.43. The number of esters is 1. The molecule has 1 N–H and O–H groups in total. The van der Waals surface area contributed by atoms with Gasteiger partial charge in [-0.05, 0) is 29.8 Å². The first-order valence-electron chi connectivity index (χ1n) is 6.91. The number of nitrogens with one attached hydrogen (secondary N) is 1. The summed E-state index contributed by atoms with van der Waals surface area (Å²) in [6.45, 7) is -0.211. The van der Waals surface area contributed by atoms with Crippen LogP contribution in [-0.4, -0.2) is 34.3 Å². The largest absolute Gasteiger partial charge is 0.482 e. The van der Waals surface area contributed by atoms with E-state index in [1.165, 1.54) is 25.5 Å². The fourth-order valence-corrected chi connectivity index (χ4v) is 2.52. The molecule has 0 aliphatic carbocycles. The third-order valence-corrected chi connectivity index (χ3v) is 4.12. The van der Waals surface area contributed by atoms with Crippen molar-refractivity contribution in [3.8, 4) is 5.75 Å². The highest BCUT2D eigenvalue weighted by Crippen LogP contribution is 2.12. The number of hydrazone groups is 1. The third-order valence-electron chi connectivity index (χ3n) is 2.88. The normalized spacial score (nSPS) is 11.2. The lowest BCUT2D eigenvalue weighted by atomic mass is 10.2. The van der Waals surface area contributed by atoms with Gasteiger partial charge >= 0.3 is 5.97 Å². The molecular formula is C16H16N2O5S. The van der Waals surface area contributed by atoms with Crippen LogP contribution in [-0.2, 0) is 19.6 Å². The zero-order chi connectivity index (χ0) is 17.4. The van der Waals surface area contributed by atoms with Crippen molar-refractivity contribution in [1.82, 2.24) is 4.83 Å². The molecule has 0 bridgehead atoms. The van der Waals surface area contributed by atoms with Crippen LogP contribution in [0.4, 0.5) is 0 Å². The Morgan fingerprint density at radius 2 is 1.92 bits per heavy atom. The van der Waals surface area contributed by atoms with Gasteiger partial charge in [0.2, 0.25) is 0 Å². The zero-order valence-corrected chi connectivity index (χ0v) is 13.7. The molecule has 0 aliphatic heterocycles. The van der Waals surface area contributed by atoms with Crippen LogP contribution < -0.4 is 9.57 Å². The number of hydrogen-bond acceptors (Lipinski definition) is 6. The second-order valence-corrected chi connectivity index (χ2v) is 6.26. The number of carbonyl (C=O) groups excluding carboxylic acids is 1. The Labute approximate surface area is 140 Å². The van der Waals surface area contributed by atoms with E-state index < -0.39 is 16.0 Å². The molecule has 7 nitrogen and oxygen atoms in total. The molecule has 0 atom stereocenters. The Morgan fingerprint density at radius 3 is 2.62 bits per heavy atom. The summed E-state index contributed by atoms with van der Waals surface area (Å²) in [5, 5.41) is 3.73. The van der Waals surface area contributed by atoms with Gasteiger partial charge in [0.05, 0.1) is 18.2 Å². The number of carbonyl (C=O) groups is 1. The van der Waals surface area contributed by atoms with E-state index in [9.17, 15) is 13.2 Å². The average Bonchev–Trinajstić information content (AvgIpc) is 2.60. The summed E-state index contributed by atoms with van der Waals surface area (Å²) in [4.78, 5) is 13.3. The predicted octanol–water partition coefficient (Wildman–Crippen LogP) is 1.55. The van der Waals surface area contributed by atoms with E-state index in [0.29, 0.717) is 11.3 Å². The first-order chi connectivity index (χ1) is 11.5. The quantitative estimate of drug-likeness (QED) is 0.465. The van der Waals surface area contributed by atoms with E-state index in [0.717, 1.165) is 0 Å². The van der Waals surface area contributed by atoms with Crippen LogP contribution >= 0.6 is 0 Å². The van der Waals surface area contributed by atoms with Crippen molar-refractivity contribution in [2.75, 3.05) is 13.7 Å². The molecule has 0 fully saturated rings. The summed E-state index contributed by atoms with van der Waals surface area (Å²) < 4.78 is 33.7. The van der Waals surface area contributed by atoms with Gasteiger partial charge in [0.25, 0.3) is 10.0 Å². The molecule has 0 saturated heterocycles. The van der Waals surface area contributed by atoms with E-state index in [4.69, 9.17) is 4.74 Å². The highest BCUT2D eigenvalue weighted by molar-refractivity contribution is 7.89. The van der Waals surface area contributed by atoms with Crippen molar-refractivity contribution in [1.29, 1.82) is 0 Å². The Bertz CT molecular complexity index is 819. The Kier molecular flexibility index (Phi) is 5.91. The molecule has 2 rings (SSSR count). The lowest BCUT2D eigenvalue weighted by Gasteiger charge is -2.05. The molecule has 24 heavy (non-hydrogen) atoms. The van der Waals surface area contributed by atoms with Crippen molar-refractivity contribution >= 4 is 22.2 Å². The van der Waals surface area contributed by atoms with Crippen molar-refractivity contribution in [3.05, 3.63) is 60.2 Å². The molecule has 0 saturated carbocycles. The molecule has 0 heterocycles. The first kappa shape index (κ1) is 17.5. The fraction of sp³-hybridized carbons (Fsp3) is 0.125. The summed E-state index contributed by atoms with van der Waals surface area (Å²) in [6.07, 6.45) is 1.34. The summed E-state index contributed by atoms with van der Waals surface area (Å²) in [6, 6.07) is 14.6. The number of hydrogen-bond donors (Lipinski definition) is 1. The van der Waals surface area contributed by atoms with Crippen LogP contribution in [0, 0.1) is 0 Å². The highest BCUT2D eigenvalue weighted by atomic mass is 32.2. The van der Waals surface area contributed by atoms with Gasteiger partial charge in [0, 0.05) is 0 Å². The Morgan fingerprint density at radius 1 is 1.17 bits per heavy atom. The van der Waals surface area contributed by atoms with Crippen LogP contribution in [0.25, 0.3) is 0 Å². The van der Waals surface area contributed by atoms with Crippen LogP contribution in [0.15, 0.2) is 64.6 Å². The third kappa shape index (κ3) is 5.10. The standard InChI is InChI=1S/C16H16N2O5S/c1-22-16(19)12-23-14-7-5-6-13(10-14)11-17-18-24(20,21)15-8-3-2-4-9-15/h2-11,18H,12H2,1H3/b17-11-. The van der Waals surface area contributed by atoms with Crippen LogP contribution in [0.2, 0.25) is 0 Å². The summed E-state index contributed by atoms with van der Waals surface area (Å²) >= 11 is 0. The number of rotatable bonds is 7. The van der Waals surface area contributed by atoms with Gasteiger partial charge < -0.3 is 9.47 Å². The summed E-state index contributed by atoms with van der Waals surface area (Å²) in [5.74, 6) is -0.0556. The number of nitrogens with zero attached hydrogens (tertiary/aromatic N) is 1. The predicted molar refractivity (Wildman–Crippen MR) is 88.3 cm³/mol. The van der Waals surface area contributed by atoms with Gasteiger partial charge in [-0.25, -0.2) is 9.63 Å². The average molecular weight is 348 g/mol. The monoisotopic (exact) mass is 348 g/mol. The van der Waals surface area contributed by atoms with Crippen molar-refractivity contribution in [2.45, 2.75) is 4.90 Å². The molecule has 2 aromatic carbocycles. The molecule has 2 aromatic rings. The SMILES string of the molecule is COC(=O)COc1cccc(/C=N\NS(=O)(=O)c2ccccc2)c1. The van der Waals surface area contributed by atoms with E-state index in [1.54, 1.807) is 42.5 Å². The fourth-order valence-electron chi connectivity index (χ4n) is 1.71. The second-order valence-electron chi connectivity index (χ2n) is 4.60. The lowest BCUT2D eigenvalue weighted by Crippen LogP contribution is -2.18. The topological polar surface area (TPSA) is 94.1 Å². The molecule has 0 amide bonds. The maximum atomic E-state index is 12.0. The van der Waals surface area contributed by atoms with Gasteiger partial charge in [-0.1, -0.05) is 30.3 Å². The van der Waals surface area contributed by atoms with Crippen LogP contribution in [0.5, 0.6) is 5.75 Å². The Hall–Kier alpha value is -2.87. The van der Waals surface area contributed by atoms with Crippen molar-refractivity contribution in [3.63, 3.8) is 0 Å². The molecular weight excluding hydrogens is 332 g/mol.